The van der Waals surface area contributed by atoms with Crippen molar-refractivity contribution in [1.82, 2.24) is 9.97 Å². The zero-order valence-corrected chi connectivity index (χ0v) is 5.96. The molecule has 1 aromatic heterocycles. The van der Waals surface area contributed by atoms with Gasteiger partial charge in [-0.15, -0.1) is 0 Å². The number of hydrogen-bond donors (Lipinski definition) is 2. The van der Waals surface area contributed by atoms with E-state index in [1.165, 1.54) is 0 Å². The molecule has 0 spiro atoms. The lowest BCUT2D eigenvalue weighted by Crippen LogP contribution is -1.63. The van der Waals surface area contributed by atoms with E-state index in [1.807, 2.05) is 12.1 Å². The fourth-order valence-electron chi connectivity index (χ4n) is 0.912. The van der Waals surface area contributed by atoms with Gasteiger partial charge in [-0.1, -0.05) is 12.1 Å². The van der Waals surface area contributed by atoms with E-state index in [-0.39, 0.29) is 0 Å². The van der Waals surface area contributed by atoms with Crippen LogP contribution in [-0.2, 0) is 0 Å². The van der Waals surface area contributed by atoms with E-state index in [1.54, 1.807) is 6.07 Å². The molecule has 0 saturated carbocycles. The molecule has 0 amide bonds. The summed E-state index contributed by atoms with van der Waals surface area (Å²) in [6, 6.07) is 5.90. The Balaban J connectivity index is 3.01. The maximum absolute atomic E-state index is 7.48. The van der Waals surface area contributed by atoms with Gasteiger partial charge in [0.25, 0.3) is 0 Å². The topological polar surface area (TPSA) is 31.6 Å². The van der Waals surface area contributed by atoms with Crippen LogP contribution in [0.3, 0.4) is 0 Å². The quantitative estimate of drug-likeness (QED) is 0.556. The molecule has 0 saturated heterocycles. The zero-order chi connectivity index (χ0) is 7.84. The highest BCUT2D eigenvalue weighted by Crippen LogP contribution is 2.06. The number of fused-ring (bicyclic) bond motifs is 1. The fourth-order valence-corrected chi connectivity index (χ4v) is 1.12. The first-order valence-corrected chi connectivity index (χ1v) is 3.36. The smallest absolute Gasteiger partial charge is 0.175 e. The number of nitrogens with one attached hydrogen (secondary N) is 2. The van der Waals surface area contributed by atoms with Crippen molar-refractivity contribution in [3.63, 3.8) is 0 Å². The number of aromatic amines is 2. The van der Waals surface area contributed by atoms with E-state index in [4.69, 9.17) is 13.6 Å². The summed E-state index contributed by atoms with van der Waals surface area (Å²) in [5, 5.41) is 0. The van der Waals surface area contributed by atoms with Gasteiger partial charge in [0.15, 0.2) is 4.77 Å². The summed E-state index contributed by atoms with van der Waals surface area (Å²) in [4.78, 5) is 5.84. The Labute approximate surface area is 64.3 Å². The van der Waals surface area contributed by atoms with E-state index in [0.29, 0.717) is 10.8 Å². The molecule has 0 atom stereocenters. The normalized spacial score (nSPS) is 11.8. The highest BCUT2D eigenvalue weighted by molar-refractivity contribution is 7.71. The number of rotatable bonds is 0. The molecule has 10 heavy (non-hydrogen) atoms. The van der Waals surface area contributed by atoms with Crippen LogP contribution in [0.15, 0.2) is 24.2 Å². The summed E-state index contributed by atoms with van der Waals surface area (Å²) in [5.74, 6) is 0. The van der Waals surface area contributed by atoms with E-state index < -0.39 is 0 Å². The monoisotopic (exact) mass is 151 g/mol. The second kappa shape index (κ2) is 1.95. The van der Waals surface area contributed by atoms with Crippen LogP contribution in [-0.4, -0.2) is 9.97 Å². The van der Waals surface area contributed by atoms with Crippen molar-refractivity contribution in [3.8, 4) is 0 Å². The van der Waals surface area contributed by atoms with Crippen LogP contribution < -0.4 is 0 Å². The number of para-hydroxylation sites is 2. The van der Waals surface area contributed by atoms with Gasteiger partial charge in [-0.25, -0.2) is 0 Å². The van der Waals surface area contributed by atoms with Gasteiger partial charge in [0.1, 0.15) is 0 Å². The number of hydrogen-bond acceptors (Lipinski definition) is 1. The summed E-state index contributed by atoms with van der Waals surface area (Å²) in [7, 11) is 0. The van der Waals surface area contributed by atoms with Gasteiger partial charge in [0, 0.05) is 0 Å². The Morgan fingerprint density at radius 2 is 2.10 bits per heavy atom. The first kappa shape index (κ1) is 4.68. The minimum Gasteiger partial charge on any atom is -0.331 e. The van der Waals surface area contributed by atoms with E-state index in [0.717, 1.165) is 11.0 Å². The summed E-state index contributed by atoms with van der Waals surface area (Å²) < 4.78 is 8.05. The molecule has 0 bridgehead atoms. The van der Waals surface area contributed by atoms with Crippen LogP contribution >= 0.6 is 12.2 Å². The predicted molar refractivity (Wildman–Crippen MR) is 43.5 cm³/mol. The summed E-state index contributed by atoms with van der Waals surface area (Å²) in [5.41, 5.74) is 1.67. The van der Waals surface area contributed by atoms with Crippen molar-refractivity contribution >= 4 is 23.3 Å². The van der Waals surface area contributed by atoms with Crippen LogP contribution in [0.25, 0.3) is 11.0 Å². The first-order valence-electron chi connectivity index (χ1n) is 3.45. The fraction of sp³-hybridized carbons (Fsp3) is 0. The van der Waals surface area contributed by atoms with E-state index >= 15 is 0 Å². The van der Waals surface area contributed by atoms with E-state index in [9.17, 15) is 0 Å². The maximum Gasteiger partial charge on any atom is 0.175 e. The lowest BCUT2D eigenvalue weighted by molar-refractivity contribution is 1.30. The van der Waals surface area contributed by atoms with Crippen LogP contribution in [0.2, 0.25) is 0 Å². The second-order valence-electron chi connectivity index (χ2n) is 2.04. The van der Waals surface area contributed by atoms with Gasteiger partial charge < -0.3 is 9.97 Å². The molecule has 2 nitrogen and oxygen atoms in total. The molecule has 3 heteroatoms. The Morgan fingerprint density at radius 3 is 2.90 bits per heavy atom. The lowest BCUT2D eigenvalue weighted by Gasteiger charge is -1.82. The predicted octanol–water partition coefficient (Wildman–Crippen LogP) is 2.23. The second-order valence-corrected chi connectivity index (χ2v) is 2.45. The van der Waals surface area contributed by atoms with Gasteiger partial charge in [0.05, 0.1) is 12.4 Å². The average molecular weight is 151 g/mol. The first-order chi connectivity index (χ1) is 5.27. The SMILES string of the molecule is [2H]c1cccc2[nH]c(=S)[nH]c12. The molecule has 50 valence electrons. The van der Waals surface area contributed by atoms with Crippen LogP contribution in [0, 0.1) is 4.77 Å². The van der Waals surface area contributed by atoms with Crippen LogP contribution in [0.5, 0.6) is 0 Å². The third kappa shape index (κ3) is 0.752. The molecular weight excluding hydrogens is 144 g/mol. The zero-order valence-electron chi connectivity index (χ0n) is 6.14. The molecule has 2 N–H and O–H groups in total. The van der Waals surface area contributed by atoms with Crippen LogP contribution in [0.1, 0.15) is 1.37 Å². The van der Waals surface area contributed by atoms with Crippen LogP contribution in [0.4, 0.5) is 0 Å². The maximum atomic E-state index is 7.48. The van der Waals surface area contributed by atoms with Crippen molar-refractivity contribution in [2.24, 2.45) is 0 Å². The Hall–Kier alpha value is -1.09. The highest BCUT2D eigenvalue weighted by atomic mass is 32.1. The van der Waals surface area contributed by atoms with Gasteiger partial charge in [0.2, 0.25) is 0 Å². The Bertz CT molecular complexity index is 443. The van der Waals surface area contributed by atoms with Gasteiger partial charge >= 0.3 is 0 Å². The molecule has 0 aliphatic heterocycles. The van der Waals surface area contributed by atoms with Crippen molar-refractivity contribution in [2.75, 3.05) is 0 Å². The number of H-pyrrole nitrogens is 2. The standard InChI is InChI=1S/C7H6N2S/c10-7-8-5-3-1-2-4-6(5)9-7/h1-4H,(H2,8,9,10)/i3D. The third-order valence-corrected chi connectivity index (χ3v) is 1.55. The largest absolute Gasteiger partial charge is 0.331 e. The summed E-state index contributed by atoms with van der Waals surface area (Å²) in [6.07, 6.45) is 0. The molecule has 0 radical (unpaired) electrons. The number of imidazole rings is 1. The molecule has 2 aromatic rings. The molecule has 2 rings (SSSR count). The van der Waals surface area contributed by atoms with Gasteiger partial charge in [-0.2, -0.15) is 0 Å². The molecule has 0 aliphatic carbocycles. The number of benzene rings is 1. The highest BCUT2D eigenvalue weighted by Gasteiger charge is 1.90. The molecule has 0 aliphatic rings. The molecule has 1 heterocycles. The molecule has 1 aromatic carbocycles. The summed E-state index contributed by atoms with van der Waals surface area (Å²) >= 11 is 4.88. The third-order valence-electron chi connectivity index (χ3n) is 1.34. The minimum atomic E-state index is 0.467. The Morgan fingerprint density at radius 1 is 1.30 bits per heavy atom. The van der Waals surface area contributed by atoms with Crippen molar-refractivity contribution in [3.05, 3.63) is 29.0 Å². The van der Waals surface area contributed by atoms with Crippen molar-refractivity contribution in [1.29, 1.82) is 0 Å². The van der Waals surface area contributed by atoms with Crippen molar-refractivity contribution < 1.29 is 1.37 Å². The summed E-state index contributed by atoms with van der Waals surface area (Å²) in [6.45, 7) is 0. The average Bonchev–Trinajstić information content (AvgIpc) is 2.31. The molecule has 0 unspecified atom stereocenters. The Kier molecular flexibility index (Phi) is 0.914. The lowest BCUT2D eigenvalue weighted by atomic mass is 10.3. The van der Waals surface area contributed by atoms with E-state index in [2.05, 4.69) is 9.97 Å². The van der Waals surface area contributed by atoms with Crippen molar-refractivity contribution in [2.45, 2.75) is 0 Å². The number of aromatic nitrogens is 2. The minimum absolute atomic E-state index is 0.467. The van der Waals surface area contributed by atoms with Gasteiger partial charge in [-0.3, -0.25) is 0 Å². The molecule has 0 fully saturated rings. The molecular formula is C7H6N2S. The van der Waals surface area contributed by atoms with Gasteiger partial charge in [-0.05, 0) is 24.3 Å².